The maximum atomic E-state index is 12.1. The number of hydrogen-bond donors (Lipinski definition) is 1. The molecule has 0 spiro atoms. The van der Waals surface area contributed by atoms with Crippen molar-refractivity contribution in [2.24, 2.45) is 0 Å². The Kier molecular flexibility index (Phi) is 6.68. The SMILES string of the molecule is COc1cc(/C=C/c2nc(C)cs2)ccc1OCC(=O)Nc1ccccc1Cl. The molecule has 144 valence electrons. The average molecular weight is 415 g/mol. The van der Waals surface area contributed by atoms with Crippen molar-refractivity contribution >= 4 is 46.7 Å². The molecule has 2 aromatic carbocycles. The highest BCUT2D eigenvalue weighted by atomic mass is 35.5. The van der Waals surface area contributed by atoms with Gasteiger partial charge in [-0.3, -0.25) is 4.79 Å². The molecule has 0 saturated carbocycles. The van der Waals surface area contributed by atoms with Crippen molar-refractivity contribution in [1.29, 1.82) is 0 Å². The Balaban J connectivity index is 1.63. The lowest BCUT2D eigenvalue weighted by atomic mass is 10.2. The van der Waals surface area contributed by atoms with Crippen molar-refractivity contribution in [1.82, 2.24) is 4.98 Å². The van der Waals surface area contributed by atoms with E-state index in [1.54, 1.807) is 48.8 Å². The molecule has 0 aliphatic rings. The largest absolute Gasteiger partial charge is 0.493 e. The van der Waals surface area contributed by atoms with Crippen molar-refractivity contribution < 1.29 is 14.3 Å². The summed E-state index contributed by atoms with van der Waals surface area (Å²) >= 11 is 7.63. The number of rotatable bonds is 7. The highest BCUT2D eigenvalue weighted by Gasteiger charge is 2.10. The minimum Gasteiger partial charge on any atom is -0.493 e. The molecule has 0 aliphatic heterocycles. The predicted octanol–water partition coefficient (Wildman–Crippen LogP) is 5.30. The summed E-state index contributed by atoms with van der Waals surface area (Å²) < 4.78 is 11.0. The van der Waals surface area contributed by atoms with Crippen LogP contribution in [-0.2, 0) is 4.79 Å². The molecule has 5 nitrogen and oxygen atoms in total. The van der Waals surface area contributed by atoms with Crippen molar-refractivity contribution in [3.05, 3.63) is 69.1 Å². The molecular formula is C21H19ClN2O3S. The van der Waals surface area contributed by atoms with Gasteiger partial charge in [0.2, 0.25) is 0 Å². The van der Waals surface area contributed by atoms with E-state index in [0.717, 1.165) is 16.3 Å². The molecule has 3 aromatic rings. The quantitative estimate of drug-likeness (QED) is 0.569. The number of nitrogens with zero attached hydrogens (tertiary/aromatic N) is 1. The molecular weight excluding hydrogens is 396 g/mol. The maximum absolute atomic E-state index is 12.1. The van der Waals surface area contributed by atoms with E-state index in [1.165, 1.54) is 0 Å². The smallest absolute Gasteiger partial charge is 0.262 e. The van der Waals surface area contributed by atoms with E-state index in [2.05, 4.69) is 10.3 Å². The Labute approximate surface area is 172 Å². The van der Waals surface area contributed by atoms with Crippen LogP contribution >= 0.6 is 22.9 Å². The lowest BCUT2D eigenvalue weighted by Gasteiger charge is -2.12. The van der Waals surface area contributed by atoms with Gasteiger partial charge in [0.1, 0.15) is 5.01 Å². The van der Waals surface area contributed by atoms with Crippen LogP contribution < -0.4 is 14.8 Å². The Morgan fingerprint density at radius 2 is 2.04 bits per heavy atom. The minimum atomic E-state index is -0.307. The second-order valence-electron chi connectivity index (χ2n) is 5.89. The molecule has 1 heterocycles. The summed E-state index contributed by atoms with van der Waals surface area (Å²) in [5.41, 5.74) is 2.49. The van der Waals surface area contributed by atoms with Gasteiger partial charge in [-0.25, -0.2) is 4.98 Å². The number of aryl methyl sites for hydroxylation is 1. The Hall–Kier alpha value is -2.83. The van der Waals surface area contributed by atoms with E-state index in [9.17, 15) is 4.79 Å². The van der Waals surface area contributed by atoms with Gasteiger partial charge in [-0.05, 0) is 42.8 Å². The fourth-order valence-electron chi connectivity index (χ4n) is 2.42. The second-order valence-corrected chi connectivity index (χ2v) is 7.18. The third-order valence-electron chi connectivity index (χ3n) is 3.75. The van der Waals surface area contributed by atoms with E-state index < -0.39 is 0 Å². The maximum Gasteiger partial charge on any atom is 0.262 e. The van der Waals surface area contributed by atoms with E-state index >= 15 is 0 Å². The monoisotopic (exact) mass is 414 g/mol. The second kappa shape index (κ2) is 9.39. The number of halogens is 1. The van der Waals surface area contributed by atoms with Crippen molar-refractivity contribution in [3.8, 4) is 11.5 Å². The number of nitrogens with one attached hydrogen (secondary N) is 1. The highest BCUT2D eigenvalue weighted by molar-refractivity contribution is 7.10. The zero-order valence-corrected chi connectivity index (χ0v) is 17.0. The minimum absolute atomic E-state index is 0.158. The molecule has 1 N–H and O–H groups in total. The molecule has 0 fully saturated rings. The van der Waals surface area contributed by atoms with Gasteiger partial charge >= 0.3 is 0 Å². The summed E-state index contributed by atoms with van der Waals surface area (Å²) in [7, 11) is 1.56. The summed E-state index contributed by atoms with van der Waals surface area (Å²) in [6.07, 6.45) is 3.90. The fraction of sp³-hybridized carbons (Fsp3) is 0.143. The van der Waals surface area contributed by atoms with Crippen LogP contribution in [0.15, 0.2) is 47.8 Å². The van der Waals surface area contributed by atoms with Gasteiger partial charge < -0.3 is 14.8 Å². The van der Waals surface area contributed by atoms with E-state index in [1.807, 2.05) is 36.6 Å². The van der Waals surface area contributed by atoms with Crippen molar-refractivity contribution in [2.45, 2.75) is 6.92 Å². The Bertz CT molecular complexity index is 1000. The summed E-state index contributed by atoms with van der Waals surface area (Å²) in [6, 6.07) is 12.5. The summed E-state index contributed by atoms with van der Waals surface area (Å²) in [5, 5.41) is 6.13. The summed E-state index contributed by atoms with van der Waals surface area (Å²) in [6.45, 7) is 1.81. The standard InChI is InChI=1S/C21H19ClN2O3S/c1-14-13-28-21(23-14)10-8-15-7-9-18(19(11-15)26-2)27-12-20(25)24-17-6-4-3-5-16(17)22/h3-11,13H,12H2,1-2H3,(H,24,25)/b10-8+. The topological polar surface area (TPSA) is 60.5 Å². The predicted molar refractivity (Wildman–Crippen MR) is 114 cm³/mol. The zero-order chi connectivity index (χ0) is 19.9. The molecule has 3 rings (SSSR count). The van der Waals surface area contributed by atoms with Gasteiger partial charge in [-0.15, -0.1) is 11.3 Å². The van der Waals surface area contributed by atoms with Crippen LogP contribution in [0.5, 0.6) is 11.5 Å². The number of hydrogen-bond acceptors (Lipinski definition) is 5. The summed E-state index contributed by atoms with van der Waals surface area (Å²) in [4.78, 5) is 16.5. The normalized spacial score (nSPS) is 10.8. The van der Waals surface area contributed by atoms with E-state index in [4.69, 9.17) is 21.1 Å². The molecule has 0 saturated heterocycles. The number of thiazole rings is 1. The van der Waals surface area contributed by atoms with Gasteiger partial charge in [-0.1, -0.05) is 35.9 Å². The van der Waals surface area contributed by atoms with Crippen LogP contribution in [0.2, 0.25) is 5.02 Å². The number of methoxy groups -OCH3 is 1. The van der Waals surface area contributed by atoms with Crippen LogP contribution in [-0.4, -0.2) is 24.6 Å². The fourth-order valence-corrected chi connectivity index (χ4v) is 3.29. The number of anilines is 1. The van der Waals surface area contributed by atoms with Crippen LogP contribution in [0, 0.1) is 6.92 Å². The van der Waals surface area contributed by atoms with Crippen LogP contribution in [0.3, 0.4) is 0 Å². The van der Waals surface area contributed by atoms with Crippen LogP contribution in [0.4, 0.5) is 5.69 Å². The van der Waals surface area contributed by atoms with Crippen LogP contribution in [0.25, 0.3) is 12.2 Å². The molecule has 7 heteroatoms. The average Bonchev–Trinajstić information content (AvgIpc) is 3.12. The molecule has 0 radical (unpaired) electrons. The first-order valence-electron chi connectivity index (χ1n) is 8.50. The molecule has 0 aliphatic carbocycles. The molecule has 0 atom stereocenters. The van der Waals surface area contributed by atoms with Gasteiger partial charge in [0, 0.05) is 11.1 Å². The number of carbonyl (C=O) groups excluding carboxylic acids is 1. The third-order valence-corrected chi connectivity index (χ3v) is 5.01. The van der Waals surface area contributed by atoms with E-state index in [0.29, 0.717) is 22.2 Å². The number of carbonyl (C=O) groups is 1. The van der Waals surface area contributed by atoms with Crippen molar-refractivity contribution in [3.63, 3.8) is 0 Å². The Morgan fingerprint density at radius 1 is 1.21 bits per heavy atom. The van der Waals surface area contributed by atoms with Crippen LogP contribution in [0.1, 0.15) is 16.3 Å². The number of benzene rings is 2. The van der Waals surface area contributed by atoms with Gasteiger partial charge in [0.05, 0.1) is 17.8 Å². The van der Waals surface area contributed by atoms with Gasteiger partial charge in [0.25, 0.3) is 5.91 Å². The van der Waals surface area contributed by atoms with Crippen molar-refractivity contribution in [2.75, 3.05) is 19.0 Å². The number of amides is 1. The highest BCUT2D eigenvalue weighted by Crippen LogP contribution is 2.29. The lowest BCUT2D eigenvalue weighted by Crippen LogP contribution is -2.20. The number of aromatic nitrogens is 1. The summed E-state index contributed by atoms with van der Waals surface area (Å²) in [5.74, 6) is 0.723. The molecule has 0 bridgehead atoms. The molecule has 1 aromatic heterocycles. The third kappa shape index (κ3) is 5.34. The number of ether oxygens (including phenoxy) is 2. The van der Waals surface area contributed by atoms with E-state index in [-0.39, 0.29) is 12.5 Å². The van der Waals surface area contributed by atoms with Gasteiger partial charge in [0.15, 0.2) is 18.1 Å². The van der Waals surface area contributed by atoms with Gasteiger partial charge in [-0.2, -0.15) is 0 Å². The first kappa shape index (κ1) is 19.9. The Morgan fingerprint density at radius 3 is 2.75 bits per heavy atom. The molecule has 1 amide bonds. The lowest BCUT2D eigenvalue weighted by molar-refractivity contribution is -0.118. The first-order chi connectivity index (χ1) is 13.5. The molecule has 28 heavy (non-hydrogen) atoms. The number of para-hydroxylation sites is 1. The molecule has 0 unspecified atom stereocenters. The zero-order valence-electron chi connectivity index (χ0n) is 15.4. The first-order valence-corrected chi connectivity index (χ1v) is 9.76.